The maximum absolute atomic E-state index is 11.9. The van der Waals surface area contributed by atoms with Crippen LogP contribution in [0.15, 0.2) is 75.9 Å². The van der Waals surface area contributed by atoms with E-state index in [1.807, 2.05) is 36.4 Å². The molecule has 1 heterocycles. The summed E-state index contributed by atoms with van der Waals surface area (Å²) < 4.78 is 5.40. The van der Waals surface area contributed by atoms with Crippen LogP contribution in [0.1, 0.15) is 5.56 Å². The van der Waals surface area contributed by atoms with Crippen LogP contribution in [0, 0.1) is 6.92 Å². The van der Waals surface area contributed by atoms with E-state index < -0.39 is 0 Å². The van der Waals surface area contributed by atoms with E-state index in [-0.39, 0.29) is 5.63 Å². The van der Waals surface area contributed by atoms with E-state index in [1.54, 1.807) is 6.07 Å². The third kappa shape index (κ3) is 2.01. The van der Waals surface area contributed by atoms with Gasteiger partial charge in [0.15, 0.2) is 0 Å². The van der Waals surface area contributed by atoms with Gasteiger partial charge < -0.3 is 4.42 Å². The van der Waals surface area contributed by atoms with Crippen LogP contribution in [0.4, 0.5) is 0 Å². The Morgan fingerprint density at radius 1 is 0.864 bits per heavy atom. The van der Waals surface area contributed by atoms with Gasteiger partial charge in [-0.2, -0.15) is 0 Å². The molecule has 0 saturated carbocycles. The smallest absolute Gasteiger partial charge is 0.336 e. The molecule has 0 N–H and O–H groups in total. The zero-order valence-corrected chi connectivity index (χ0v) is 12.2. The lowest BCUT2D eigenvalue weighted by Gasteiger charge is -2.09. The molecule has 0 unspecified atom stereocenters. The Bertz CT molecular complexity index is 1040. The molecule has 0 spiro atoms. The van der Waals surface area contributed by atoms with E-state index in [0.29, 0.717) is 5.58 Å². The van der Waals surface area contributed by atoms with Crippen molar-refractivity contribution in [3.63, 3.8) is 0 Å². The molecule has 0 atom stereocenters. The largest absolute Gasteiger partial charge is 0.423 e. The van der Waals surface area contributed by atoms with Gasteiger partial charge in [-0.05, 0) is 29.3 Å². The van der Waals surface area contributed by atoms with E-state index in [9.17, 15) is 4.79 Å². The average Bonchev–Trinajstić information content (AvgIpc) is 2.54. The zero-order chi connectivity index (χ0) is 15.1. The van der Waals surface area contributed by atoms with Crippen LogP contribution in [0.25, 0.3) is 32.9 Å². The molecular formula is C20H14O2. The van der Waals surface area contributed by atoms with Crippen LogP contribution in [0.2, 0.25) is 0 Å². The summed E-state index contributed by atoms with van der Waals surface area (Å²) in [6.45, 7) is 2.05. The number of hydrogen-bond acceptors (Lipinski definition) is 2. The monoisotopic (exact) mass is 286 g/mol. The molecule has 106 valence electrons. The molecule has 0 bridgehead atoms. The molecule has 0 radical (unpaired) electrons. The highest BCUT2D eigenvalue weighted by Gasteiger charge is 2.11. The second-order valence-electron chi connectivity index (χ2n) is 5.50. The standard InChI is InChI=1S/C20H14O2/c1-13-6-8-15(9-7-13)17-12-19(21)22-18-11-10-14-4-2-3-5-16(14)20(17)18/h2-12H,1H3. The molecule has 0 aliphatic heterocycles. The van der Waals surface area contributed by atoms with Crippen LogP contribution in [0.3, 0.4) is 0 Å². The minimum Gasteiger partial charge on any atom is -0.423 e. The molecule has 0 aliphatic carbocycles. The summed E-state index contributed by atoms with van der Waals surface area (Å²) in [5.41, 5.74) is 3.45. The Morgan fingerprint density at radius 3 is 2.45 bits per heavy atom. The minimum absolute atomic E-state index is 0.321. The Labute approximate surface area is 127 Å². The van der Waals surface area contributed by atoms with E-state index >= 15 is 0 Å². The van der Waals surface area contributed by atoms with Crippen molar-refractivity contribution >= 4 is 21.7 Å². The Kier molecular flexibility index (Phi) is 2.83. The van der Waals surface area contributed by atoms with Gasteiger partial charge in [0.1, 0.15) is 5.58 Å². The van der Waals surface area contributed by atoms with Gasteiger partial charge in [0.25, 0.3) is 0 Å². The Hall–Kier alpha value is -2.87. The Morgan fingerprint density at radius 2 is 1.64 bits per heavy atom. The van der Waals surface area contributed by atoms with Crippen molar-refractivity contribution in [2.45, 2.75) is 6.92 Å². The first-order chi connectivity index (χ1) is 10.7. The van der Waals surface area contributed by atoms with Gasteiger partial charge >= 0.3 is 5.63 Å². The van der Waals surface area contributed by atoms with Crippen molar-refractivity contribution in [1.29, 1.82) is 0 Å². The lowest BCUT2D eigenvalue weighted by atomic mass is 9.97. The van der Waals surface area contributed by atoms with Crippen molar-refractivity contribution in [2.24, 2.45) is 0 Å². The second-order valence-corrected chi connectivity index (χ2v) is 5.50. The normalized spacial score (nSPS) is 11.1. The summed E-state index contributed by atoms with van der Waals surface area (Å²) in [6.07, 6.45) is 0. The summed E-state index contributed by atoms with van der Waals surface area (Å²) in [4.78, 5) is 11.9. The lowest BCUT2D eigenvalue weighted by molar-refractivity contribution is 0.562. The first-order valence-electron chi connectivity index (χ1n) is 7.25. The van der Waals surface area contributed by atoms with Crippen LogP contribution < -0.4 is 5.63 Å². The molecule has 2 heteroatoms. The van der Waals surface area contributed by atoms with Crippen molar-refractivity contribution in [3.8, 4) is 11.1 Å². The molecule has 22 heavy (non-hydrogen) atoms. The first-order valence-corrected chi connectivity index (χ1v) is 7.25. The van der Waals surface area contributed by atoms with Crippen LogP contribution in [-0.2, 0) is 0 Å². The molecule has 0 aliphatic rings. The topological polar surface area (TPSA) is 30.2 Å². The zero-order valence-electron chi connectivity index (χ0n) is 12.2. The molecule has 0 fully saturated rings. The van der Waals surface area contributed by atoms with E-state index in [2.05, 4.69) is 31.2 Å². The van der Waals surface area contributed by atoms with E-state index in [4.69, 9.17) is 4.42 Å². The van der Waals surface area contributed by atoms with E-state index in [1.165, 1.54) is 5.56 Å². The highest BCUT2D eigenvalue weighted by molar-refractivity contribution is 6.12. The second kappa shape index (κ2) is 4.85. The van der Waals surface area contributed by atoms with Gasteiger partial charge in [-0.3, -0.25) is 0 Å². The number of benzene rings is 3. The third-order valence-electron chi connectivity index (χ3n) is 4.00. The molecule has 2 nitrogen and oxygen atoms in total. The molecule has 4 aromatic rings. The molecule has 1 aromatic heterocycles. The number of rotatable bonds is 1. The van der Waals surface area contributed by atoms with Gasteiger partial charge in [-0.25, -0.2) is 4.79 Å². The highest BCUT2D eigenvalue weighted by atomic mass is 16.4. The van der Waals surface area contributed by atoms with Crippen molar-refractivity contribution in [2.75, 3.05) is 0 Å². The van der Waals surface area contributed by atoms with Gasteiger partial charge in [-0.1, -0.05) is 60.2 Å². The minimum atomic E-state index is -0.321. The summed E-state index contributed by atoms with van der Waals surface area (Å²) in [5.74, 6) is 0. The van der Waals surface area contributed by atoms with Crippen LogP contribution in [-0.4, -0.2) is 0 Å². The predicted molar refractivity (Wildman–Crippen MR) is 90.2 cm³/mol. The summed E-state index contributed by atoms with van der Waals surface area (Å²) in [6, 6.07) is 21.8. The fourth-order valence-corrected chi connectivity index (χ4v) is 2.90. The van der Waals surface area contributed by atoms with E-state index in [0.717, 1.165) is 27.3 Å². The molecule has 4 rings (SSSR count). The van der Waals surface area contributed by atoms with Crippen molar-refractivity contribution < 1.29 is 4.42 Å². The van der Waals surface area contributed by atoms with Gasteiger partial charge in [-0.15, -0.1) is 0 Å². The molecule has 3 aromatic carbocycles. The SMILES string of the molecule is Cc1ccc(-c2cc(=O)oc3ccc4ccccc4c23)cc1. The maximum Gasteiger partial charge on any atom is 0.336 e. The number of aryl methyl sites for hydroxylation is 1. The third-order valence-corrected chi connectivity index (χ3v) is 4.00. The van der Waals surface area contributed by atoms with Crippen LogP contribution in [0.5, 0.6) is 0 Å². The lowest BCUT2D eigenvalue weighted by Crippen LogP contribution is -1.98. The molecule has 0 saturated heterocycles. The van der Waals surface area contributed by atoms with Crippen molar-refractivity contribution in [1.82, 2.24) is 0 Å². The molecular weight excluding hydrogens is 272 g/mol. The van der Waals surface area contributed by atoms with Gasteiger partial charge in [0.2, 0.25) is 0 Å². The summed E-state index contributed by atoms with van der Waals surface area (Å²) in [5, 5.41) is 3.22. The van der Waals surface area contributed by atoms with Crippen LogP contribution >= 0.6 is 0 Å². The average molecular weight is 286 g/mol. The highest BCUT2D eigenvalue weighted by Crippen LogP contribution is 2.33. The summed E-state index contributed by atoms with van der Waals surface area (Å²) in [7, 11) is 0. The number of fused-ring (bicyclic) bond motifs is 3. The fraction of sp³-hybridized carbons (Fsp3) is 0.0500. The van der Waals surface area contributed by atoms with Gasteiger partial charge in [0, 0.05) is 17.0 Å². The fourth-order valence-electron chi connectivity index (χ4n) is 2.90. The molecule has 0 amide bonds. The Balaban J connectivity index is 2.18. The first kappa shape index (κ1) is 12.8. The summed E-state index contributed by atoms with van der Waals surface area (Å²) >= 11 is 0. The predicted octanol–water partition coefficient (Wildman–Crippen LogP) is 4.92. The van der Waals surface area contributed by atoms with Gasteiger partial charge in [0.05, 0.1) is 0 Å². The maximum atomic E-state index is 11.9. The van der Waals surface area contributed by atoms with Crippen molar-refractivity contribution in [3.05, 3.63) is 82.7 Å². The quantitative estimate of drug-likeness (QED) is 0.367. The number of hydrogen-bond donors (Lipinski definition) is 0.